The van der Waals surface area contributed by atoms with Crippen LogP contribution < -0.4 is 5.32 Å². The van der Waals surface area contributed by atoms with E-state index in [1.165, 1.54) is 6.20 Å². The smallest absolute Gasteiger partial charge is 0.245 e. The number of aromatic amines is 1. The van der Waals surface area contributed by atoms with Crippen molar-refractivity contribution in [2.45, 2.75) is 35.0 Å². The van der Waals surface area contributed by atoms with E-state index in [4.69, 9.17) is 5.11 Å². The summed E-state index contributed by atoms with van der Waals surface area (Å²) in [5.74, 6) is -0.248. The number of aryl methyl sites for hydroxylation is 1. The van der Waals surface area contributed by atoms with Gasteiger partial charge in [-0.05, 0) is 48.6 Å². The van der Waals surface area contributed by atoms with Gasteiger partial charge in [0.15, 0.2) is 0 Å². The molecule has 0 aliphatic heterocycles. The third kappa shape index (κ3) is 3.22. The molecular weight excluding hydrogens is 328 g/mol. The van der Waals surface area contributed by atoms with Gasteiger partial charge in [0.05, 0.1) is 9.79 Å². The number of aromatic nitrogens is 1. The minimum absolute atomic E-state index is 0.147. The molecule has 1 heterocycles. The van der Waals surface area contributed by atoms with Gasteiger partial charge >= 0.3 is 0 Å². The lowest BCUT2D eigenvalue weighted by molar-refractivity contribution is -0.123. The quantitative estimate of drug-likeness (QED) is 0.760. The van der Waals surface area contributed by atoms with E-state index in [9.17, 15) is 13.2 Å². The van der Waals surface area contributed by atoms with Crippen LogP contribution in [0.1, 0.15) is 29.9 Å². The fraction of sp³-hybridized carbons (Fsp3) is 0.353. The van der Waals surface area contributed by atoms with Gasteiger partial charge in [-0.15, -0.1) is 0 Å². The van der Waals surface area contributed by atoms with Crippen LogP contribution in [0.25, 0.3) is 0 Å². The van der Waals surface area contributed by atoms with E-state index >= 15 is 0 Å². The number of benzene rings is 1. The van der Waals surface area contributed by atoms with Crippen LogP contribution >= 0.6 is 0 Å². The van der Waals surface area contributed by atoms with Crippen LogP contribution in [0.2, 0.25) is 0 Å². The predicted molar refractivity (Wildman–Crippen MR) is 88.5 cm³/mol. The number of rotatable bonds is 5. The normalized spacial score (nSPS) is 17.3. The lowest BCUT2D eigenvalue weighted by atomic mass is 9.83. The summed E-state index contributed by atoms with van der Waals surface area (Å²) >= 11 is 0. The molecule has 0 radical (unpaired) electrons. The zero-order valence-corrected chi connectivity index (χ0v) is 14.0. The van der Waals surface area contributed by atoms with Gasteiger partial charge in [-0.25, -0.2) is 8.42 Å². The van der Waals surface area contributed by atoms with Crippen LogP contribution in [0.4, 0.5) is 0 Å². The number of hydrogen-bond acceptors (Lipinski definition) is 4. The maximum atomic E-state index is 12.6. The fourth-order valence-corrected chi connectivity index (χ4v) is 4.46. The molecule has 1 aliphatic rings. The number of aliphatic hydroxyl groups excluding tert-OH is 1. The number of carbonyl (C=O) groups excluding carboxylic acids is 1. The van der Waals surface area contributed by atoms with Gasteiger partial charge in [0.1, 0.15) is 6.61 Å². The molecule has 1 amide bonds. The molecule has 0 spiro atoms. The third-order valence-corrected chi connectivity index (χ3v) is 6.18. The number of H-pyrrole nitrogens is 1. The molecule has 1 atom stereocenters. The molecule has 128 valence electrons. The van der Waals surface area contributed by atoms with Gasteiger partial charge in [-0.1, -0.05) is 6.07 Å². The molecule has 3 N–H and O–H groups in total. The number of amides is 1. The summed E-state index contributed by atoms with van der Waals surface area (Å²) in [4.78, 5) is 14.6. The van der Waals surface area contributed by atoms with Gasteiger partial charge in [-0.3, -0.25) is 4.79 Å². The number of carbonyl (C=O) groups is 1. The highest BCUT2D eigenvalue weighted by atomic mass is 32.2. The number of hydrogen-bond donors (Lipinski definition) is 3. The van der Waals surface area contributed by atoms with E-state index in [1.54, 1.807) is 24.4 Å². The number of fused-ring (bicyclic) bond motifs is 1. The second-order valence-electron chi connectivity index (χ2n) is 5.96. The summed E-state index contributed by atoms with van der Waals surface area (Å²) in [5.41, 5.74) is 2.09. The summed E-state index contributed by atoms with van der Waals surface area (Å²) in [6, 6.07) is 6.77. The predicted octanol–water partition coefficient (Wildman–Crippen LogP) is 1.38. The minimum atomic E-state index is -3.51. The molecule has 6 nitrogen and oxygen atoms in total. The average Bonchev–Trinajstić information content (AvgIpc) is 3.14. The standard InChI is InChI=1S/C17H20N2O4S/c20-11-17(21)19-9-13-3-1-2-12-8-14(4-5-16(12)13)24(22,23)15-6-7-18-10-15/h4-8,10,13,18,20H,1-3,9,11H2,(H,19,21)/t13-/m0/s1. The molecule has 7 heteroatoms. The molecule has 1 aliphatic carbocycles. The van der Waals surface area contributed by atoms with Gasteiger partial charge < -0.3 is 15.4 Å². The van der Waals surface area contributed by atoms with Crippen molar-refractivity contribution in [3.63, 3.8) is 0 Å². The first kappa shape index (κ1) is 16.7. The summed E-state index contributed by atoms with van der Waals surface area (Å²) < 4.78 is 25.2. The first-order valence-electron chi connectivity index (χ1n) is 7.90. The van der Waals surface area contributed by atoms with Crippen molar-refractivity contribution in [1.29, 1.82) is 0 Å². The molecule has 2 aromatic rings. The highest BCUT2D eigenvalue weighted by Crippen LogP contribution is 2.33. The number of sulfone groups is 1. The average molecular weight is 348 g/mol. The van der Waals surface area contributed by atoms with E-state index in [0.717, 1.165) is 30.4 Å². The van der Waals surface area contributed by atoms with Crippen molar-refractivity contribution >= 4 is 15.7 Å². The fourth-order valence-electron chi connectivity index (χ4n) is 3.18. The third-order valence-electron chi connectivity index (χ3n) is 4.43. The van der Waals surface area contributed by atoms with Crippen molar-refractivity contribution in [3.05, 3.63) is 47.8 Å². The molecule has 1 aromatic carbocycles. The van der Waals surface area contributed by atoms with Gasteiger partial charge in [0, 0.05) is 24.9 Å². The Kier molecular flexibility index (Phi) is 4.73. The summed E-state index contributed by atoms with van der Waals surface area (Å²) in [5, 5.41) is 11.5. The zero-order chi connectivity index (χ0) is 17.2. The van der Waals surface area contributed by atoms with Crippen molar-refractivity contribution in [1.82, 2.24) is 10.3 Å². The second-order valence-corrected chi connectivity index (χ2v) is 7.91. The Morgan fingerprint density at radius 2 is 2.12 bits per heavy atom. The van der Waals surface area contributed by atoms with E-state index in [1.807, 2.05) is 6.07 Å². The molecule has 0 fully saturated rings. The van der Waals surface area contributed by atoms with Gasteiger partial charge in [-0.2, -0.15) is 0 Å². The number of nitrogens with one attached hydrogen (secondary N) is 2. The molecule has 0 bridgehead atoms. The highest BCUT2D eigenvalue weighted by molar-refractivity contribution is 7.91. The van der Waals surface area contributed by atoms with E-state index in [0.29, 0.717) is 11.4 Å². The summed E-state index contributed by atoms with van der Waals surface area (Å²) in [6.07, 6.45) is 5.77. The second kappa shape index (κ2) is 6.78. The Morgan fingerprint density at radius 3 is 2.83 bits per heavy atom. The molecule has 1 aromatic heterocycles. The van der Waals surface area contributed by atoms with Crippen LogP contribution in [0.3, 0.4) is 0 Å². The molecular formula is C17H20N2O4S. The molecule has 0 unspecified atom stereocenters. The SMILES string of the molecule is O=C(CO)NC[C@@H]1CCCc2cc(S(=O)(=O)c3cc[nH]c3)ccc21. The van der Waals surface area contributed by atoms with Crippen LogP contribution in [0, 0.1) is 0 Å². The molecule has 0 saturated carbocycles. The van der Waals surface area contributed by atoms with Crippen LogP contribution in [-0.4, -0.2) is 37.6 Å². The molecule has 0 saturated heterocycles. The Bertz CT molecular complexity index is 828. The van der Waals surface area contributed by atoms with Gasteiger partial charge in [0.25, 0.3) is 0 Å². The van der Waals surface area contributed by atoms with Crippen LogP contribution in [0.5, 0.6) is 0 Å². The van der Waals surface area contributed by atoms with Crippen molar-refractivity contribution in [2.75, 3.05) is 13.2 Å². The first-order chi connectivity index (χ1) is 11.5. The van der Waals surface area contributed by atoms with Crippen molar-refractivity contribution < 1.29 is 18.3 Å². The molecule has 3 rings (SSSR count). The Balaban J connectivity index is 1.87. The number of aliphatic hydroxyl groups is 1. The van der Waals surface area contributed by atoms with E-state index in [-0.39, 0.29) is 10.8 Å². The minimum Gasteiger partial charge on any atom is -0.387 e. The zero-order valence-electron chi connectivity index (χ0n) is 13.2. The summed E-state index contributed by atoms with van der Waals surface area (Å²) in [7, 11) is -3.51. The first-order valence-corrected chi connectivity index (χ1v) is 9.39. The topological polar surface area (TPSA) is 99.3 Å². The van der Waals surface area contributed by atoms with E-state index < -0.39 is 22.4 Å². The highest BCUT2D eigenvalue weighted by Gasteiger charge is 2.24. The van der Waals surface area contributed by atoms with Crippen molar-refractivity contribution in [2.24, 2.45) is 0 Å². The van der Waals surface area contributed by atoms with Gasteiger partial charge in [0.2, 0.25) is 15.7 Å². The van der Waals surface area contributed by atoms with Crippen molar-refractivity contribution in [3.8, 4) is 0 Å². The maximum absolute atomic E-state index is 12.6. The van der Waals surface area contributed by atoms with Crippen LogP contribution in [0.15, 0.2) is 46.5 Å². The lowest BCUT2D eigenvalue weighted by Gasteiger charge is -2.26. The Labute approximate surface area is 140 Å². The molecule has 24 heavy (non-hydrogen) atoms. The Hall–Kier alpha value is -2.12. The monoisotopic (exact) mass is 348 g/mol. The summed E-state index contributed by atoms with van der Waals surface area (Å²) in [6.45, 7) is -0.0658. The maximum Gasteiger partial charge on any atom is 0.245 e. The lowest BCUT2D eigenvalue weighted by Crippen LogP contribution is -2.31. The van der Waals surface area contributed by atoms with E-state index in [2.05, 4.69) is 10.3 Å². The Morgan fingerprint density at radius 1 is 1.29 bits per heavy atom. The van der Waals surface area contributed by atoms with Crippen LogP contribution in [-0.2, 0) is 21.1 Å². The largest absolute Gasteiger partial charge is 0.387 e.